The summed E-state index contributed by atoms with van der Waals surface area (Å²) in [5.74, 6) is -1.55. The second kappa shape index (κ2) is 11.9. The maximum atomic E-state index is 13.3. The number of carbonyl (C=O) groups excluding carboxylic acids is 2. The fourth-order valence-corrected chi connectivity index (χ4v) is 5.61. The number of pyridine rings is 1. The number of hydrogen-bond donors (Lipinski definition) is 2. The average Bonchev–Trinajstić information content (AvgIpc) is 2.97. The summed E-state index contributed by atoms with van der Waals surface area (Å²) in [6, 6.07) is 23.2. The van der Waals surface area contributed by atoms with Crippen molar-refractivity contribution in [1.29, 1.82) is 0 Å². The van der Waals surface area contributed by atoms with Crippen LogP contribution in [0.25, 0.3) is 21.9 Å². The van der Waals surface area contributed by atoms with E-state index in [1.165, 1.54) is 35.9 Å². The van der Waals surface area contributed by atoms with Gasteiger partial charge in [-0.15, -0.1) is 0 Å². The van der Waals surface area contributed by atoms with Crippen molar-refractivity contribution in [2.75, 3.05) is 16.6 Å². The van der Waals surface area contributed by atoms with Crippen molar-refractivity contribution in [3.05, 3.63) is 112 Å². The standard InChI is InChI=1S/C31H27N5O6S/c1-19-17-20(2)33-31(32-19)35-43(40,41)23-15-13-22(14-16-23)34-26(37)18-42-30(39)28-27(21-9-5-4-6-10-21)24-11-7-8-12-25(24)29(38)36(28)3/h4-17H,18H2,1-3H3,(H,34,37)(H,32,33,35). The van der Waals surface area contributed by atoms with E-state index in [0.717, 1.165) is 0 Å². The number of esters is 1. The Kier molecular flexibility index (Phi) is 8.04. The fourth-order valence-electron chi connectivity index (χ4n) is 4.67. The van der Waals surface area contributed by atoms with Gasteiger partial charge in [-0.05, 0) is 61.2 Å². The molecule has 0 aliphatic heterocycles. The van der Waals surface area contributed by atoms with E-state index < -0.39 is 28.5 Å². The first-order valence-electron chi connectivity index (χ1n) is 13.1. The van der Waals surface area contributed by atoms with E-state index in [-0.39, 0.29) is 27.8 Å². The summed E-state index contributed by atoms with van der Waals surface area (Å²) in [6.07, 6.45) is 0. The molecule has 11 nitrogen and oxygen atoms in total. The highest BCUT2D eigenvalue weighted by atomic mass is 32.2. The van der Waals surface area contributed by atoms with Crippen molar-refractivity contribution < 1.29 is 22.7 Å². The number of ether oxygens (including phenoxy) is 1. The van der Waals surface area contributed by atoms with Crippen LogP contribution in [-0.2, 0) is 26.6 Å². The van der Waals surface area contributed by atoms with Gasteiger partial charge in [0.25, 0.3) is 21.5 Å². The molecule has 0 aliphatic rings. The highest BCUT2D eigenvalue weighted by Crippen LogP contribution is 2.31. The van der Waals surface area contributed by atoms with Crippen LogP contribution in [0.2, 0.25) is 0 Å². The minimum Gasteiger partial charge on any atom is -0.451 e. The Morgan fingerprint density at radius 2 is 1.47 bits per heavy atom. The number of sulfonamides is 1. The van der Waals surface area contributed by atoms with Gasteiger partial charge in [0.05, 0.1) is 4.90 Å². The summed E-state index contributed by atoms with van der Waals surface area (Å²) in [6.45, 7) is 2.82. The molecule has 0 spiro atoms. The average molecular weight is 598 g/mol. The normalized spacial score (nSPS) is 11.2. The lowest BCUT2D eigenvalue weighted by molar-refractivity contribution is -0.119. The third-order valence-corrected chi connectivity index (χ3v) is 7.89. The molecular formula is C31H27N5O6S. The molecule has 5 rings (SSSR count). The van der Waals surface area contributed by atoms with Crippen LogP contribution in [-0.4, -0.2) is 41.4 Å². The molecule has 0 radical (unpaired) electrons. The first kappa shape index (κ1) is 29.1. The summed E-state index contributed by atoms with van der Waals surface area (Å²) in [4.78, 5) is 47.1. The molecule has 2 heterocycles. The lowest BCUT2D eigenvalue weighted by Crippen LogP contribution is -2.28. The Bertz CT molecular complexity index is 2000. The van der Waals surface area contributed by atoms with E-state index in [1.54, 1.807) is 44.2 Å². The van der Waals surface area contributed by atoms with Gasteiger partial charge in [0.15, 0.2) is 6.61 Å². The predicted molar refractivity (Wildman–Crippen MR) is 162 cm³/mol. The Morgan fingerprint density at radius 3 is 2.12 bits per heavy atom. The smallest absolute Gasteiger partial charge is 0.356 e. The quantitative estimate of drug-likeness (QED) is 0.253. The largest absolute Gasteiger partial charge is 0.451 e. The molecule has 3 aromatic carbocycles. The van der Waals surface area contributed by atoms with Crippen molar-refractivity contribution in [3.8, 4) is 11.1 Å². The second-order valence-corrected chi connectivity index (χ2v) is 11.4. The number of nitrogens with one attached hydrogen (secondary N) is 2. The number of amides is 1. The fraction of sp³-hybridized carbons (Fsp3) is 0.129. The topological polar surface area (TPSA) is 149 Å². The first-order chi connectivity index (χ1) is 20.5. The molecule has 2 aromatic heterocycles. The minimum atomic E-state index is -3.98. The van der Waals surface area contributed by atoms with Crippen LogP contribution >= 0.6 is 0 Å². The Morgan fingerprint density at radius 1 is 0.860 bits per heavy atom. The van der Waals surface area contributed by atoms with Crippen molar-refractivity contribution in [3.63, 3.8) is 0 Å². The van der Waals surface area contributed by atoms with Crippen LogP contribution in [0.3, 0.4) is 0 Å². The molecular weight excluding hydrogens is 570 g/mol. The number of aromatic nitrogens is 3. The molecule has 0 atom stereocenters. The Balaban J connectivity index is 1.31. The number of aryl methyl sites for hydroxylation is 2. The SMILES string of the molecule is Cc1cc(C)nc(NS(=O)(=O)c2ccc(NC(=O)COC(=O)c3c(-c4ccccc4)c4ccccc4c(=O)n3C)cc2)n1. The maximum absolute atomic E-state index is 13.3. The van der Waals surface area contributed by atoms with Gasteiger partial charge in [-0.3, -0.25) is 9.59 Å². The molecule has 0 saturated carbocycles. The molecule has 43 heavy (non-hydrogen) atoms. The van der Waals surface area contributed by atoms with E-state index in [9.17, 15) is 22.8 Å². The number of fused-ring (bicyclic) bond motifs is 1. The summed E-state index contributed by atoms with van der Waals surface area (Å²) in [7, 11) is -2.50. The highest BCUT2D eigenvalue weighted by molar-refractivity contribution is 7.92. The second-order valence-electron chi connectivity index (χ2n) is 9.73. The van der Waals surface area contributed by atoms with Gasteiger partial charge in [0.2, 0.25) is 5.95 Å². The lowest BCUT2D eigenvalue weighted by Gasteiger charge is -2.16. The summed E-state index contributed by atoms with van der Waals surface area (Å²) >= 11 is 0. The summed E-state index contributed by atoms with van der Waals surface area (Å²) in [5.41, 5.74) is 2.37. The summed E-state index contributed by atoms with van der Waals surface area (Å²) < 4.78 is 34.5. The molecule has 12 heteroatoms. The monoisotopic (exact) mass is 597 g/mol. The van der Waals surface area contributed by atoms with Crippen LogP contribution in [0, 0.1) is 13.8 Å². The van der Waals surface area contributed by atoms with E-state index in [1.807, 2.05) is 30.3 Å². The molecule has 5 aromatic rings. The van der Waals surface area contributed by atoms with E-state index >= 15 is 0 Å². The molecule has 0 unspecified atom stereocenters. The maximum Gasteiger partial charge on any atom is 0.356 e. The third kappa shape index (κ3) is 6.28. The molecule has 2 N–H and O–H groups in total. The van der Waals surface area contributed by atoms with Crippen molar-refractivity contribution in [2.24, 2.45) is 7.05 Å². The van der Waals surface area contributed by atoms with Gasteiger partial charge in [-0.2, -0.15) is 0 Å². The van der Waals surface area contributed by atoms with Gasteiger partial charge < -0.3 is 14.6 Å². The van der Waals surface area contributed by atoms with Crippen molar-refractivity contribution in [2.45, 2.75) is 18.7 Å². The number of carbonyl (C=O) groups is 2. The first-order valence-corrected chi connectivity index (χ1v) is 14.6. The molecule has 0 bridgehead atoms. The van der Waals surface area contributed by atoms with Crippen LogP contribution in [0.5, 0.6) is 0 Å². The number of benzene rings is 3. The van der Waals surface area contributed by atoms with Crippen LogP contribution in [0.4, 0.5) is 11.6 Å². The van der Waals surface area contributed by atoms with Crippen LogP contribution in [0.15, 0.2) is 94.6 Å². The van der Waals surface area contributed by atoms with Gasteiger partial charge >= 0.3 is 5.97 Å². The van der Waals surface area contributed by atoms with E-state index in [4.69, 9.17) is 4.74 Å². The van der Waals surface area contributed by atoms with Crippen LogP contribution < -0.4 is 15.6 Å². The van der Waals surface area contributed by atoms with Gasteiger partial charge in [0.1, 0.15) is 5.69 Å². The molecule has 218 valence electrons. The number of hydrogen-bond acceptors (Lipinski definition) is 8. The van der Waals surface area contributed by atoms with Crippen molar-refractivity contribution in [1.82, 2.24) is 14.5 Å². The Hall–Kier alpha value is -5.36. The highest BCUT2D eigenvalue weighted by Gasteiger charge is 2.24. The zero-order chi connectivity index (χ0) is 30.7. The predicted octanol–water partition coefficient (Wildman–Crippen LogP) is 4.21. The zero-order valence-corrected chi connectivity index (χ0v) is 24.3. The van der Waals surface area contributed by atoms with E-state index in [0.29, 0.717) is 33.3 Å². The lowest BCUT2D eigenvalue weighted by atomic mass is 9.97. The van der Waals surface area contributed by atoms with Crippen molar-refractivity contribution >= 4 is 44.3 Å². The zero-order valence-electron chi connectivity index (χ0n) is 23.5. The summed E-state index contributed by atoms with van der Waals surface area (Å²) in [5, 5.41) is 3.60. The third-order valence-electron chi connectivity index (χ3n) is 6.55. The van der Waals surface area contributed by atoms with Gasteiger partial charge in [-0.1, -0.05) is 48.5 Å². The molecule has 1 amide bonds. The minimum absolute atomic E-state index is 0.0116. The number of nitrogens with zero attached hydrogens (tertiary/aromatic N) is 3. The Labute approximate surface area is 247 Å². The molecule has 0 saturated heterocycles. The van der Waals surface area contributed by atoms with E-state index in [2.05, 4.69) is 20.0 Å². The number of anilines is 2. The van der Waals surface area contributed by atoms with Gasteiger partial charge in [-0.25, -0.2) is 27.9 Å². The molecule has 0 fully saturated rings. The van der Waals surface area contributed by atoms with Crippen LogP contribution in [0.1, 0.15) is 21.9 Å². The van der Waals surface area contributed by atoms with Gasteiger partial charge in [0, 0.05) is 35.1 Å². The number of rotatable bonds is 8. The molecule has 0 aliphatic carbocycles.